The van der Waals surface area contributed by atoms with Crippen molar-refractivity contribution in [1.29, 1.82) is 0 Å². The Morgan fingerprint density at radius 2 is 1.88 bits per heavy atom. The number of pyridine rings is 1. The first-order valence-electron chi connectivity index (χ1n) is 7.78. The first-order chi connectivity index (χ1) is 11.7. The molecular weight excluding hydrogens is 303 g/mol. The van der Waals surface area contributed by atoms with Gasteiger partial charge < -0.3 is 5.32 Å². The Bertz CT molecular complexity index is 867. The number of hydrogen-bond acceptors (Lipinski definition) is 2. The summed E-state index contributed by atoms with van der Waals surface area (Å²) < 4.78 is 12.8. The van der Waals surface area contributed by atoms with Gasteiger partial charge in [0.05, 0.1) is 11.2 Å². The van der Waals surface area contributed by atoms with Gasteiger partial charge in [-0.2, -0.15) is 0 Å². The van der Waals surface area contributed by atoms with Gasteiger partial charge in [-0.1, -0.05) is 42.5 Å². The van der Waals surface area contributed by atoms with E-state index in [1.54, 1.807) is 18.3 Å². The van der Waals surface area contributed by atoms with Gasteiger partial charge in [0, 0.05) is 18.0 Å². The summed E-state index contributed by atoms with van der Waals surface area (Å²) in [6.45, 7) is 0. The SMILES string of the molecule is O=C(CC/C=C\c1ccc(F)cc1)Nc1cccc2cccnc12. The van der Waals surface area contributed by atoms with Gasteiger partial charge >= 0.3 is 0 Å². The van der Waals surface area contributed by atoms with Gasteiger partial charge in [0.25, 0.3) is 0 Å². The number of rotatable bonds is 5. The van der Waals surface area contributed by atoms with Gasteiger partial charge in [-0.15, -0.1) is 0 Å². The van der Waals surface area contributed by atoms with Gasteiger partial charge in [-0.05, 0) is 36.2 Å². The van der Waals surface area contributed by atoms with Gasteiger partial charge in [0.2, 0.25) is 5.91 Å². The molecule has 1 aromatic heterocycles. The number of anilines is 1. The fourth-order valence-electron chi connectivity index (χ4n) is 2.43. The molecular formula is C20H17FN2O. The zero-order valence-electron chi connectivity index (χ0n) is 13.1. The number of aromatic nitrogens is 1. The molecule has 0 unspecified atom stereocenters. The maximum atomic E-state index is 12.8. The minimum absolute atomic E-state index is 0.0584. The van der Waals surface area contributed by atoms with Crippen LogP contribution < -0.4 is 5.32 Å². The first kappa shape index (κ1) is 15.9. The summed E-state index contributed by atoms with van der Waals surface area (Å²) in [4.78, 5) is 16.4. The summed E-state index contributed by atoms with van der Waals surface area (Å²) in [5.41, 5.74) is 2.42. The molecule has 0 aliphatic heterocycles. The summed E-state index contributed by atoms with van der Waals surface area (Å²) in [5, 5.41) is 3.90. The molecule has 1 heterocycles. The van der Waals surface area contributed by atoms with Crippen molar-refractivity contribution >= 4 is 28.6 Å². The van der Waals surface area contributed by atoms with Crippen molar-refractivity contribution in [2.75, 3.05) is 5.32 Å². The van der Waals surface area contributed by atoms with E-state index in [0.717, 1.165) is 22.2 Å². The average molecular weight is 320 g/mol. The van der Waals surface area contributed by atoms with Crippen LogP contribution >= 0.6 is 0 Å². The number of nitrogens with zero attached hydrogens (tertiary/aromatic N) is 1. The van der Waals surface area contributed by atoms with E-state index in [1.165, 1.54) is 12.1 Å². The van der Waals surface area contributed by atoms with Crippen LogP contribution in [0.2, 0.25) is 0 Å². The second-order valence-corrected chi connectivity index (χ2v) is 5.42. The summed E-state index contributed by atoms with van der Waals surface area (Å²) >= 11 is 0. The lowest BCUT2D eigenvalue weighted by atomic mass is 10.1. The van der Waals surface area contributed by atoms with E-state index in [4.69, 9.17) is 0 Å². The Morgan fingerprint density at radius 1 is 1.08 bits per heavy atom. The second kappa shape index (κ2) is 7.51. The van der Waals surface area contributed by atoms with Crippen LogP contribution in [0, 0.1) is 5.82 Å². The third-order valence-corrected chi connectivity index (χ3v) is 3.63. The van der Waals surface area contributed by atoms with Gasteiger partial charge in [0.15, 0.2) is 0 Å². The lowest BCUT2D eigenvalue weighted by Gasteiger charge is -2.07. The van der Waals surface area contributed by atoms with E-state index < -0.39 is 0 Å². The molecule has 0 saturated heterocycles. The standard InChI is InChI=1S/C20H17FN2O/c21-17-12-10-15(11-13-17)5-1-2-9-19(24)23-18-8-3-6-16-7-4-14-22-20(16)18/h1,3-8,10-14H,2,9H2,(H,23,24)/b5-1-. The van der Waals surface area contributed by atoms with Crippen LogP contribution in [0.5, 0.6) is 0 Å². The van der Waals surface area contributed by atoms with Gasteiger partial charge in [-0.25, -0.2) is 4.39 Å². The predicted octanol–water partition coefficient (Wildman–Crippen LogP) is 4.81. The summed E-state index contributed by atoms with van der Waals surface area (Å²) in [7, 11) is 0. The molecule has 0 aliphatic rings. The molecule has 24 heavy (non-hydrogen) atoms. The molecule has 1 N–H and O–H groups in total. The number of hydrogen-bond donors (Lipinski definition) is 1. The highest BCUT2D eigenvalue weighted by Gasteiger charge is 2.05. The van der Waals surface area contributed by atoms with Crippen molar-refractivity contribution in [1.82, 2.24) is 4.98 Å². The molecule has 0 aliphatic carbocycles. The Hall–Kier alpha value is -3.01. The van der Waals surface area contributed by atoms with Crippen molar-refractivity contribution in [3.8, 4) is 0 Å². The highest BCUT2D eigenvalue weighted by molar-refractivity contribution is 6.00. The second-order valence-electron chi connectivity index (χ2n) is 5.42. The van der Waals surface area contributed by atoms with Crippen LogP contribution in [0.4, 0.5) is 10.1 Å². The monoisotopic (exact) mass is 320 g/mol. The number of nitrogens with one attached hydrogen (secondary N) is 1. The highest BCUT2D eigenvalue weighted by atomic mass is 19.1. The first-order valence-corrected chi connectivity index (χ1v) is 7.78. The Morgan fingerprint density at radius 3 is 2.71 bits per heavy atom. The minimum atomic E-state index is -0.254. The number of fused-ring (bicyclic) bond motifs is 1. The minimum Gasteiger partial charge on any atom is -0.324 e. The number of amides is 1. The van der Waals surface area contributed by atoms with Crippen molar-refractivity contribution in [2.24, 2.45) is 0 Å². The van der Waals surface area contributed by atoms with E-state index in [-0.39, 0.29) is 11.7 Å². The van der Waals surface area contributed by atoms with Crippen LogP contribution in [-0.2, 0) is 4.79 Å². The van der Waals surface area contributed by atoms with Crippen LogP contribution in [0.15, 0.2) is 66.9 Å². The number of carbonyl (C=O) groups is 1. The number of para-hydroxylation sites is 1. The van der Waals surface area contributed by atoms with E-state index in [1.807, 2.05) is 42.5 Å². The topological polar surface area (TPSA) is 42.0 Å². The zero-order chi connectivity index (χ0) is 16.8. The quantitative estimate of drug-likeness (QED) is 0.733. The zero-order valence-corrected chi connectivity index (χ0v) is 13.1. The maximum Gasteiger partial charge on any atom is 0.224 e. The maximum absolute atomic E-state index is 12.8. The molecule has 0 atom stereocenters. The highest BCUT2D eigenvalue weighted by Crippen LogP contribution is 2.20. The lowest BCUT2D eigenvalue weighted by molar-refractivity contribution is -0.116. The molecule has 4 heteroatoms. The molecule has 2 aromatic carbocycles. The normalized spacial score (nSPS) is 11.0. The van der Waals surface area contributed by atoms with Crippen LogP contribution in [0.25, 0.3) is 17.0 Å². The van der Waals surface area contributed by atoms with Gasteiger partial charge in [-0.3, -0.25) is 9.78 Å². The third-order valence-electron chi connectivity index (χ3n) is 3.63. The Balaban J connectivity index is 1.56. The molecule has 0 bridgehead atoms. The fraction of sp³-hybridized carbons (Fsp3) is 0.100. The number of benzene rings is 2. The summed E-state index contributed by atoms with van der Waals surface area (Å²) in [6.07, 6.45) is 6.49. The molecule has 3 nitrogen and oxygen atoms in total. The van der Waals surface area contributed by atoms with Crippen molar-refractivity contribution in [3.63, 3.8) is 0 Å². The molecule has 0 saturated carbocycles. The molecule has 0 spiro atoms. The molecule has 3 aromatic rings. The number of carbonyl (C=O) groups excluding carboxylic acids is 1. The summed E-state index contributed by atoms with van der Waals surface area (Å²) in [6, 6.07) is 15.8. The van der Waals surface area contributed by atoms with E-state index in [0.29, 0.717) is 12.8 Å². The Labute approximate surface area is 139 Å². The van der Waals surface area contributed by atoms with E-state index in [9.17, 15) is 9.18 Å². The number of allylic oxidation sites excluding steroid dienone is 1. The van der Waals surface area contributed by atoms with Crippen molar-refractivity contribution in [2.45, 2.75) is 12.8 Å². The van der Waals surface area contributed by atoms with Crippen LogP contribution in [-0.4, -0.2) is 10.9 Å². The molecule has 0 radical (unpaired) electrons. The lowest BCUT2D eigenvalue weighted by Crippen LogP contribution is -2.11. The molecule has 0 fully saturated rings. The van der Waals surface area contributed by atoms with E-state index >= 15 is 0 Å². The molecule has 120 valence electrons. The predicted molar refractivity (Wildman–Crippen MR) is 95.0 cm³/mol. The number of halogens is 1. The van der Waals surface area contributed by atoms with Crippen molar-refractivity contribution in [3.05, 3.63) is 78.3 Å². The van der Waals surface area contributed by atoms with Gasteiger partial charge in [0.1, 0.15) is 5.82 Å². The Kier molecular flexibility index (Phi) is 4.96. The summed E-state index contributed by atoms with van der Waals surface area (Å²) in [5.74, 6) is -0.313. The average Bonchev–Trinajstić information content (AvgIpc) is 2.61. The molecule has 1 amide bonds. The largest absolute Gasteiger partial charge is 0.324 e. The smallest absolute Gasteiger partial charge is 0.224 e. The van der Waals surface area contributed by atoms with Crippen LogP contribution in [0.1, 0.15) is 18.4 Å². The van der Waals surface area contributed by atoms with E-state index in [2.05, 4.69) is 10.3 Å². The third kappa shape index (κ3) is 4.04. The van der Waals surface area contributed by atoms with Crippen molar-refractivity contribution < 1.29 is 9.18 Å². The van der Waals surface area contributed by atoms with Crippen LogP contribution in [0.3, 0.4) is 0 Å². The molecule has 3 rings (SSSR count). The fourth-order valence-corrected chi connectivity index (χ4v) is 2.43.